The number of rotatable bonds is 3. The highest BCUT2D eigenvalue weighted by atomic mass is 19.1. The molecule has 2 aromatic carbocycles. The van der Waals surface area contributed by atoms with Crippen LogP contribution in [0.15, 0.2) is 36.9 Å². The van der Waals surface area contributed by atoms with Crippen molar-refractivity contribution in [3.63, 3.8) is 0 Å². The van der Waals surface area contributed by atoms with Crippen molar-refractivity contribution in [1.82, 2.24) is 0 Å². The molecule has 0 bridgehead atoms. The Kier molecular flexibility index (Phi) is 4.54. The zero-order valence-electron chi connectivity index (χ0n) is 16.7. The topological polar surface area (TPSA) is 37.3 Å². The quantitative estimate of drug-likeness (QED) is 0.698. The van der Waals surface area contributed by atoms with Gasteiger partial charge in [0, 0.05) is 5.56 Å². The summed E-state index contributed by atoms with van der Waals surface area (Å²) in [5, 5.41) is 9.08. The molecular formula is C24H27FO2. The lowest BCUT2D eigenvalue weighted by atomic mass is 9.62. The van der Waals surface area contributed by atoms with Crippen molar-refractivity contribution in [2.45, 2.75) is 58.3 Å². The highest BCUT2D eigenvalue weighted by Gasteiger charge is 2.40. The fourth-order valence-electron chi connectivity index (χ4n) is 4.19. The van der Waals surface area contributed by atoms with Crippen LogP contribution < -0.4 is 0 Å². The minimum atomic E-state index is -0.979. The summed E-state index contributed by atoms with van der Waals surface area (Å²) in [5.74, 6) is -1.16. The van der Waals surface area contributed by atoms with Crippen LogP contribution in [0, 0.1) is 12.7 Å². The molecule has 3 heteroatoms. The Bertz CT molecular complexity index is 934. The smallest absolute Gasteiger partial charge is 0.335 e. The van der Waals surface area contributed by atoms with E-state index in [1.807, 2.05) is 6.92 Å². The first-order chi connectivity index (χ1) is 12.5. The summed E-state index contributed by atoms with van der Waals surface area (Å²) >= 11 is 0. The van der Waals surface area contributed by atoms with Gasteiger partial charge in [0.2, 0.25) is 0 Å². The van der Waals surface area contributed by atoms with Gasteiger partial charge < -0.3 is 5.11 Å². The normalized spacial score (nSPS) is 17.3. The van der Waals surface area contributed by atoms with Crippen LogP contribution in [0.5, 0.6) is 0 Å². The average molecular weight is 366 g/mol. The lowest BCUT2D eigenvalue weighted by Gasteiger charge is -2.42. The van der Waals surface area contributed by atoms with Gasteiger partial charge in [-0.05, 0) is 70.6 Å². The molecule has 0 saturated carbocycles. The largest absolute Gasteiger partial charge is 0.478 e. The van der Waals surface area contributed by atoms with Crippen molar-refractivity contribution in [2.24, 2.45) is 0 Å². The van der Waals surface area contributed by atoms with Gasteiger partial charge in [0.25, 0.3) is 0 Å². The number of carboxylic acids is 1. The van der Waals surface area contributed by atoms with Crippen LogP contribution in [0.4, 0.5) is 4.39 Å². The fourth-order valence-corrected chi connectivity index (χ4v) is 4.19. The van der Waals surface area contributed by atoms with Gasteiger partial charge in [0.05, 0.1) is 5.56 Å². The van der Waals surface area contributed by atoms with Gasteiger partial charge in [-0.3, -0.25) is 0 Å². The molecule has 1 aliphatic rings. The molecule has 1 aliphatic carbocycles. The van der Waals surface area contributed by atoms with E-state index in [-0.39, 0.29) is 22.2 Å². The Morgan fingerprint density at radius 2 is 1.56 bits per heavy atom. The molecule has 0 heterocycles. The van der Waals surface area contributed by atoms with E-state index in [2.05, 4.69) is 40.3 Å². The third-order valence-corrected chi connectivity index (χ3v) is 6.03. The molecule has 142 valence electrons. The predicted molar refractivity (Wildman–Crippen MR) is 108 cm³/mol. The molecule has 0 amide bonds. The number of fused-ring (bicyclic) bond motifs is 1. The summed E-state index contributed by atoms with van der Waals surface area (Å²) in [6.45, 7) is 14.6. The highest BCUT2D eigenvalue weighted by Crippen LogP contribution is 2.48. The number of carboxylic acid groups (broad SMARTS) is 1. The summed E-state index contributed by atoms with van der Waals surface area (Å²) < 4.78 is 15.8. The van der Waals surface area contributed by atoms with E-state index in [0.29, 0.717) is 11.1 Å². The van der Waals surface area contributed by atoms with Crippen LogP contribution in [0.2, 0.25) is 0 Å². The van der Waals surface area contributed by atoms with Crippen LogP contribution in [0.3, 0.4) is 0 Å². The van der Waals surface area contributed by atoms with Crippen molar-refractivity contribution < 1.29 is 14.3 Å². The Labute approximate surface area is 160 Å². The second kappa shape index (κ2) is 6.33. The number of carbonyl (C=O) groups is 1. The molecule has 2 nitrogen and oxygen atoms in total. The van der Waals surface area contributed by atoms with Crippen LogP contribution in [0.1, 0.15) is 78.7 Å². The number of halogens is 1. The van der Waals surface area contributed by atoms with E-state index in [1.165, 1.54) is 12.1 Å². The van der Waals surface area contributed by atoms with Gasteiger partial charge in [0.15, 0.2) is 0 Å². The van der Waals surface area contributed by atoms with Gasteiger partial charge in [-0.15, -0.1) is 0 Å². The maximum absolute atomic E-state index is 15.8. The van der Waals surface area contributed by atoms with E-state index < -0.39 is 5.97 Å². The number of aryl methyl sites for hydroxylation is 1. The van der Waals surface area contributed by atoms with E-state index in [1.54, 1.807) is 12.1 Å². The van der Waals surface area contributed by atoms with Crippen molar-refractivity contribution >= 4 is 11.5 Å². The molecule has 1 N–H and O–H groups in total. The van der Waals surface area contributed by atoms with E-state index >= 15 is 4.39 Å². The molecule has 0 spiro atoms. The Morgan fingerprint density at radius 3 is 2.11 bits per heavy atom. The summed E-state index contributed by atoms with van der Waals surface area (Å²) in [5.41, 5.74) is 4.52. The third-order valence-electron chi connectivity index (χ3n) is 6.03. The molecule has 0 unspecified atom stereocenters. The molecule has 0 saturated heterocycles. The summed E-state index contributed by atoms with van der Waals surface area (Å²) in [4.78, 5) is 11.1. The predicted octanol–water partition coefficient (Wildman–Crippen LogP) is 6.24. The van der Waals surface area contributed by atoms with Gasteiger partial charge in [-0.2, -0.15) is 0 Å². The van der Waals surface area contributed by atoms with Crippen LogP contribution in [-0.4, -0.2) is 11.1 Å². The zero-order valence-corrected chi connectivity index (χ0v) is 16.7. The fraction of sp³-hybridized carbons (Fsp3) is 0.375. The molecule has 0 fully saturated rings. The minimum Gasteiger partial charge on any atom is -0.478 e. The SMILES string of the molecule is C=C(c1ccc(C(=O)O)cc1)c1c(C)cc2c(c1F)C(C)(C)CCC2(C)C. The minimum absolute atomic E-state index is 0.0561. The molecule has 2 aromatic rings. The molecule has 0 atom stereocenters. The maximum atomic E-state index is 15.8. The van der Waals surface area contributed by atoms with Crippen molar-refractivity contribution in [2.75, 3.05) is 0 Å². The van der Waals surface area contributed by atoms with Gasteiger partial charge in [0.1, 0.15) is 5.82 Å². The second-order valence-electron chi connectivity index (χ2n) is 8.93. The van der Waals surface area contributed by atoms with Crippen LogP contribution in [0.25, 0.3) is 5.57 Å². The Hall–Kier alpha value is -2.42. The third kappa shape index (κ3) is 3.20. The number of hydrogen-bond donors (Lipinski definition) is 1. The van der Waals surface area contributed by atoms with Crippen molar-refractivity contribution in [1.29, 1.82) is 0 Å². The van der Waals surface area contributed by atoms with Crippen molar-refractivity contribution in [3.05, 3.63) is 76.1 Å². The van der Waals surface area contributed by atoms with Crippen LogP contribution in [-0.2, 0) is 10.8 Å². The summed E-state index contributed by atoms with van der Waals surface area (Å²) in [6.07, 6.45) is 1.97. The lowest BCUT2D eigenvalue weighted by molar-refractivity contribution is 0.0697. The number of aromatic carboxylic acids is 1. The zero-order chi connectivity index (χ0) is 20.1. The number of benzene rings is 2. The maximum Gasteiger partial charge on any atom is 0.335 e. The van der Waals surface area contributed by atoms with E-state index in [9.17, 15) is 4.79 Å². The monoisotopic (exact) mass is 366 g/mol. The van der Waals surface area contributed by atoms with Gasteiger partial charge >= 0.3 is 5.97 Å². The molecule has 0 aromatic heterocycles. The first-order valence-electron chi connectivity index (χ1n) is 9.33. The summed E-state index contributed by atoms with van der Waals surface area (Å²) in [6, 6.07) is 8.56. The van der Waals surface area contributed by atoms with Gasteiger partial charge in [-0.25, -0.2) is 9.18 Å². The standard InChI is InChI=1S/C24H27FO2/c1-14-13-18-20(24(5,6)12-11-23(18,3)4)21(25)19(14)15(2)16-7-9-17(10-8-16)22(26)27/h7-10,13H,2,11-12H2,1,3-6H3,(H,26,27). The second-order valence-corrected chi connectivity index (χ2v) is 8.93. The molecule has 3 rings (SSSR count). The summed E-state index contributed by atoms with van der Waals surface area (Å²) in [7, 11) is 0. The molecule has 27 heavy (non-hydrogen) atoms. The van der Waals surface area contributed by atoms with E-state index in [4.69, 9.17) is 5.11 Å². The Balaban J connectivity index is 2.17. The Morgan fingerprint density at radius 1 is 1.04 bits per heavy atom. The van der Waals surface area contributed by atoms with E-state index in [0.717, 1.165) is 35.1 Å². The number of hydrogen-bond acceptors (Lipinski definition) is 1. The average Bonchev–Trinajstić information content (AvgIpc) is 2.58. The first-order valence-corrected chi connectivity index (χ1v) is 9.33. The highest BCUT2D eigenvalue weighted by molar-refractivity contribution is 5.89. The van der Waals surface area contributed by atoms with Crippen LogP contribution >= 0.6 is 0 Å². The molecular weight excluding hydrogens is 339 g/mol. The lowest BCUT2D eigenvalue weighted by Crippen LogP contribution is -2.35. The molecule has 0 aliphatic heterocycles. The van der Waals surface area contributed by atoms with Crippen molar-refractivity contribution in [3.8, 4) is 0 Å². The van der Waals surface area contributed by atoms with Gasteiger partial charge in [-0.1, -0.05) is 52.5 Å². The molecule has 0 radical (unpaired) electrons. The first kappa shape index (κ1) is 19.3.